The first-order chi connectivity index (χ1) is 11.1. The van der Waals surface area contributed by atoms with Crippen LogP contribution in [0, 0.1) is 6.92 Å². The Kier molecular flexibility index (Phi) is 7.20. The first-order valence-electron chi connectivity index (χ1n) is 8.65. The minimum absolute atomic E-state index is 0.520. The highest BCUT2D eigenvalue weighted by molar-refractivity contribution is 7.99. The van der Waals surface area contributed by atoms with E-state index in [1.807, 2.05) is 18.5 Å². The summed E-state index contributed by atoms with van der Waals surface area (Å²) < 4.78 is 1.99. The molecule has 0 aliphatic heterocycles. The van der Waals surface area contributed by atoms with Crippen LogP contribution in [0.25, 0.3) is 0 Å². The Morgan fingerprint density at radius 2 is 2.17 bits per heavy atom. The summed E-state index contributed by atoms with van der Waals surface area (Å²) in [6.07, 6.45) is 5.11. The number of hydrogen-bond acceptors (Lipinski definition) is 4. The van der Waals surface area contributed by atoms with Crippen LogP contribution in [-0.2, 0) is 13.6 Å². The van der Waals surface area contributed by atoms with Gasteiger partial charge in [-0.15, -0.1) is 10.2 Å². The summed E-state index contributed by atoms with van der Waals surface area (Å²) in [4.78, 5) is 4.69. The van der Waals surface area contributed by atoms with E-state index in [0.29, 0.717) is 12.6 Å². The largest absolute Gasteiger partial charge is 0.357 e. The molecule has 1 aromatic rings. The van der Waals surface area contributed by atoms with Crippen LogP contribution in [0.5, 0.6) is 0 Å². The molecule has 0 bridgehead atoms. The van der Waals surface area contributed by atoms with Crippen molar-refractivity contribution in [2.75, 3.05) is 12.3 Å². The molecule has 0 amide bonds. The van der Waals surface area contributed by atoms with Crippen molar-refractivity contribution in [3.8, 4) is 0 Å². The van der Waals surface area contributed by atoms with Gasteiger partial charge in [0, 0.05) is 24.9 Å². The van der Waals surface area contributed by atoms with E-state index in [1.165, 1.54) is 31.4 Å². The quantitative estimate of drug-likeness (QED) is 0.615. The fourth-order valence-electron chi connectivity index (χ4n) is 2.91. The Labute approximate surface area is 143 Å². The van der Waals surface area contributed by atoms with Gasteiger partial charge in [0.05, 0.1) is 0 Å². The molecule has 1 aliphatic rings. The van der Waals surface area contributed by atoms with Gasteiger partial charge in [0.2, 0.25) is 0 Å². The molecule has 0 radical (unpaired) electrons. The number of rotatable bonds is 6. The van der Waals surface area contributed by atoms with E-state index in [2.05, 4.69) is 51.4 Å². The summed E-state index contributed by atoms with van der Waals surface area (Å²) >= 11 is 2.09. The standard InChI is InChI=1S/C16H30N6S/c1-5-17-16(18-11-15-21-20-12(3)22(15)4)19-13-8-7-9-14(10-13)23-6-2/h13-14H,5-11H2,1-4H3,(H2,17,18,19). The van der Waals surface area contributed by atoms with Gasteiger partial charge in [-0.05, 0) is 38.9 Å². The molecule has 0 aromatic carbocycles. The summed E-state index contributed by atoms with van der Waals surface area (Å²) in [5, 5.41) is 16.0. The van der Waals surface area contributed by atoms with Crippen molar-refractivity contribution >= 4 is 17.7 Å². The van der Waals surface area contributed by atoms with E-state index in [4.69, 9.17) is 0 Å². The summed E-state index contributed by atoms with van der Waals surface area (Å²) in [6, 6.07) is 0.520. The maximum atomic E-state index is 4.69. The maximum absolute atomic E-state index is 4.69. The van der Waals surface area contributed by atoms with Crippen molar-refractivity contribution in [3.05, 3.63) is 11.6 Å². The van der Waals surface area contributed by atoms with Crippen LogP contribution >= 0.6 is 11.8 Å². The zero-order valence-electron chi connectivity index (χ0n) is 14.8. The summed E-state index contributed by atoms with van der Waals surface area (Å²) in [7, 11) is 1.98. The number of thioether (sulfide) groups is 1. The second kappa shape index (κ2) is 9.15. The van der Waals surface area contributed by atoms with Gasteiger partial charge in [0.1, 0.15) is 12.4 Å². The van der Waals surface area contributed by atoms with Crippen molar-refractivity contribution < 1.29 is 0 Å². The number of nitrogens with zero attached hydrogens (tertiary/aromatic N) is 4. The van der Waals surface area contributed by atoms with Crippen LogP contribution in [0.1, 0.15) is 51.2 Å². The zero-order valence-corrected chi connectivity index (χ0v) is 15.6. The van der Waals surface area contributed by atoms with Crippen LogP contribution in [0.3, 0.4) is 0 Å². The molecule has 1 aromatic heterocycles. The van der Waals surface area contributed by atoms with E-state index in [1.54, 1.807) is 0 Å². The lowest BCUT2D eigenvalue weighted by Crippen LogP contribution is -2.45. The number of guanidine groups is 1. The normalized spacial score (nSPS) is 22.2. The fourth-order valence-corrected chi connectivity index (χ4v) is 4.09. The fraction of sp³-hybridized carbons (Fsp3) is 0.812. The lowest BCUT2D eigenvalue weighted by Gasteiger charge is -2.30. The Bertz CT molecular complexity index is 511. The third-order valence-electron chi connectivity index (χ3n) is 4.27. The molecular weight excluding hydrogens is 308 g/mol. The molecule has 7 heteroatoms. The summed E-state index contributed by atoms with van der Waals surface area (Å²) in [6.45, 7) is 7.71. The molecule has 2 atom stereocenters. The Balaban J connectivity index is 1.94. The van der Waals surface area contributed by atoms with Gasteiger partial charge in [0.25, 0.3) is 0 Å². The second-order valence-electron chi connectivity index (χ2n) is 6.00. The molecular formula is C16H30N6S. The van der Waals surface area contributed by atoms with Crippen LogP contribution in [0.2, 0.25) is 0 Å². The van der Waals surface area contributed by atoms with Crippen molar-refractivity contribution in [2.45, 2.75) is 64.3 Å². The third-order valence-corrected chi connectivity index (χ3v) is 5.51. The molecule has 1 saturated carbocycles. The van der Waals surface area contributed by atoms with Gasteiger partial charge in [0.15, 0.2) is 11.8 Å². The molecule has 6 nitrogen and oxygen atoms in total. The lowest BCUT2D eigenvalue weighted by atomic mass is 9.95. The highest BCUT2D eigenvalue weighted by Crippen LogP contribution is 2.28. The first kappa shape index (κ1) is 18.1. The molecule has 2 unspecified atom stereocenters. The van der Waals surface area contributed by atoms with Crippen LogP contribution in [-0.4, -0.2) is 44.3 Å². The maximum Gasteiger partial charge on any atom is 0.191 e. The van der Waals surface area contributed by atoms with Gasteiger partial charge < -0.3 is 15.2 Å². The van der Waals surface area contributed by atoms with Crippen LogP contribution in [0.15, 0.2) is 4.99 Å². The van der Waals surface area contributed by atoms with E-state index >= 15 is 0 Å². The average Bonchev–Trinajstić information content (AvgIpc) is 2.85. The Morgan fingerprint density at radius 3 is 2.83 bits per heavy atom. The third kappa shape index (κ3) is 5.41. The molecule has 1 fully saturated rings. The van der Waals surface area contributed by atoms with Gasteiger partial charge in [-0.25, -0.2) is 4.99 Å². The monoisotopic (exact) mass is 338 g/mol. The number of aromatic nitrogens is 3. The highest BCUT2D eigenvalue weighted by Gasteiger charge is 2.22. The minimum Gasteiger partial charge on any atom is -0.357 e. The number of hydrogen-bond donors (Lipinski definition) is 2. The van der Waals surface area contributed by atoms with Gasteiger partial charge in [-0.3, -0.25) is 0 Å². The van der Waals surface area contributed by atoms with E-state index < -0.39 is 0 Å². The molecule has 1 aliphatic carbocycles. The predicted molar refractivity (Wildman–Crippen MR) is 97.9 cm³/mol. The first-order valence-corrected chi connectivity index (χ1v) is 9.70. The Morgan fingerprint density at radius 1 is 1.35 bits per heavy atom. The molecule has 130 valence electrons. The van der Waals surface area contributed by atoms with Crippen molar-refractivity contribution in [2.24, 2.45) is 12.0 Å². The lowest BCUT2D eigenvalue weighted by molar-refractivity contribution is 0.418. The molecule has 23 heavy (non-hydrogen) atoms. The summed E-state index contributed by atoms with van der Waals surface area (Å²) in [5.74, 6) is 3.90. The van der Waals surface area contributed by atoms with E-state index in [9.17, 15) is 0 Å². The van der Waals surface area contributed by atoms with Gasteiger partial charge in [-0.2, -0.15) is 11.8 Å². The smallest absolute Gasteiger partial charge is 0.191 e. The molecule has 2 N–H and O–H groups in total. The van der Waals surface area contributed by atoms with Gasteiger partial charge in [-0.1, -0.05) is 13.3 Å². The number of aryl methyl sites for hydroxylation is 1. The second-order valence-corrected chi connectivity index (χ2v) is 7.58. The van der Waals surface area contributed by atoms with Gasteiger partial charge >= 0.3 is 0 Å². The van der Waals surface area contributed by atoms with Crippen LogP contribution in [0.4, 0.5) is 0 Å². The minimum atomic E-state index is 0.520. The topological polar surface area (TPSA) is 67.1 Å². The van der Waals surface area contributed by atoms with Crippen molar-refractivity contribution in [1.82, 2.24) is 25.4 Å². The number of aliphatic imine (C=N–C) groups is 1. The molecule has 1 heterocycles. The van der Waals surface area contributed by atoms with E-state index in [0.717, 1.165) is 29.4 Å². The highest BCUT2D eigenvalue weighted by atomic mass is 32.2. The zero-order chi connectivity index (χ0) is 16.7. The SMILES string of the molecule is CCNC(=NCc1nnc(C)n1C)NC1CCCC(SCC)C1. The molecule has 2 rings (SSSR count). The van der Waals surface area contributed by atoms with Crippen molar-refractivity contribution in [3.63, 3.8) is 0 Å². The van der Waals surface area contributed by atoms with E-state index in [-0.39, 0.29) is 0 Å². The van der Waals surface area contributed by atoms with Crippen LogP contribution < -0.4 is 10.6 Å². The average molecular weight is 339 g/mol. The molecule has 0 saturated heterocycles. The molecule has 0 spiro atoms. The summed E-state index contributed by atoms with van der Waals surface area (Å²) in [5.41, 5.74) is 0. The predicted octanol–water partition coefficient (Wildman–Crippen LogP) is 2.24. The Hall–Kier alpha value is -1.24. The van der Waals surface area contributed by atoms with Crippen molar-refractivity contribution in [1.29, 1.82) is 0 Å². The number of nitrogens with one attached hydrogen (secondary N) is 2.